The summed E-state index contributed by atoms with van der Waals surface area (Å²) in [4.78, 5) is 25.2. The van der Waals surface area contributed by atoms with Gasteiger partial charge in [-0.15, -0.1) is 5.10 Å². The number of aromatic nitrogens is 7. The zero-order chi connectivity index (χ0) is 26.3. The van der Waals surface area contributed by atoms with Crippen LogP contribution in [0.4, 0.5) is 22.0 Å². The maximum atomic E-state index is 14.3. The van der Waals surface area contributed by atoms with Gasteiger partial charge in [-0.05, 0) is 47.6 Å². The van der Waals surface area contributed by atoms with Gasteiger partial charge in [0.25, 0.3) is 0 Å². The Labute approximate surface area is 201 Å². The van der Waals surface area contributed by atoms with Crippen molar-refractivity contribution in [2.24, 2.45) is 5.73 Å². The Balaban J connectivity index is 2.00. The minimum absolute atomic E-state index is 0.0489. The first kappa shape index (κ1) is 25.0. The molecule has 2 N–H and O–H groups in total. The largest absolute Gasteiger partial charge is 0.461 e. The number of alkyl halides is 5. The second kappa shape index (κ2) is 8.84. The Morgan fingerprint density at radius 2 is 1.89 bits per heavy atom. The summed E-state index contributed by atoms with van der Waals surface area (Å²) in [6.45, 7) is 3.55. The highest BCUT2D eigenvalue weighted by molar-refractivity contribution is 5.95. The molecule has 4 rings (SSSR count). The van der Waals surface area contributed by atoms with Crippen molar-refractivity contribution in [1.82, 2.24) is 35.2 Å². The summed E-state index contributed by atoms with van der Waals surface area (Å²) in [7, 11) is 0. The Kier molecular flexibility index (Phi) is 6.14. The molecule has 0 aliphatic heterocycles. The number of rotatable bonds is 6. The van der Waals surface area contributed by atoms with Crippen LogP contribution in [0.25, 0.3) is 5.70 Å². The van der Waals surface area contributed by atoms with Gasteiger partial charge in [-0.1, -0.05) is 13.0 Å². The third-order valence-corrected chi connectivity index (χ3v) is 6.07. The number of hydrogen-bond donors (Lipinski definition) is 1. The van der Waals surface area contributed by atoms with Crippen molar-refractivity contribution >= 4 is 11.6 Å². The van der Waals surface area contributed by atoms with Gasteiger partial charge in [0.05, 0.1) is 17.1 Å². The molecule has 0 spiro atoms. The van der Waals surface area contributed by atoms with Crippen LogP contribution in [0, 0.1) is 6.92 Å². The van der Waals surface area contributed by atoms with Crippen molar-refractivity contribution in [1.29, 1.82) is 0 Å². The molecule has 0 fully saturated rings. The fraction of sp³-hybridized carbons (Fsp3) is 0.318. The van der Waals surface area contributed by atoms with Crippen LogP contribution in [-0.2, 0) is 16.1 Å². The Morgan fingerprint density at radius 3 is 2.47 bits per heavy atom. The molecule has 0 aromatic carbocycles. The number of carbonyl (C=O) groups is 1. The number of tetrazole rings is 1. The van der Waals surface area contributed by atoms with Crippen molar-refractivity contribution < 1.29 is 26.7 Å². The van der Waals surface area contributed by atoms with Gasteiger partial charge >= 0.3 is 12.1 Å². The van der Waals surface area contributed by atoms with E-state index in [1.165, 1.54) is 24.7 Å². The molecule has 0 radical (unpaired) electrons. The van der Waals surface area contributed by atoms with Crippen LogP contribution < -0.4 is 5.73 Å². The van der Waals surface area contributed by atoms with Gasteiger partial charge in [0.1, 0.15) is 0 Å². The molecule has 36 heavy (non-hydrogen) atoms. The van der Waals surface area contributed by atoms with Crippen molar-refractivity contribution in [3.8, 4) is 0 Å². The average Bonchev–Trinajstić information content (AvgIpc) is 3.34. The van der Waals surface area contributed by atoms with Crippen LogP contribution >= 0.6 is 0 Å². The average molecular weight is 506 g/mol. The van der Waals surface area contributed by atoms with E-state index in [4.69, 9.17) is 5.73 Å². The summed E-state index contributed by atoms with van der Waals surface area (Å²) >= 11 is 0. The van der Waals surface area contributed by atoms with Crippen molar-refractivity contribution in [2.75, 3.05) is 0 Å². The molecule has 3 aromatic heterocycles. The van der Waals surface area contributed by atoms with E-state index in [0.717, 1.165) is 11.6 Å². The van der Waals surface area contributed by atoms with Crippen molar-refractivity contribution in [2.45, 2.75) is 43.7 Å². The van der Waals surface area contributed by atoms with Gasteiger partial charge in [-0.2, -0.15) is 26.6 Å². The number of carbonyl (C=O) groups excluding carboxylic acids is 1. The third-order valence-electron chi connectivity index (χ3n) is 6.07. The zero-order valence-electron chi connectivity index (χ0n) is 18.9. The van der Waals surface area contributed by atoms with Gasteiger partial charge < -0.3 is 5.73 Å². The smallest absolute Gasteiger partial charge is 0.366 e. The Hall–Kier alpha value is -4.10. The van der Waals surface area contributed by atoms with Crippen LogP contribution in [0.5, 0.6) is 0 Å². The number of pyridine rings is 1. The lowest BCUT2D eigenvalue weighted by atomic mass is 9.65. The molecule has 2 unspecified atom stereocenters. The summed E-state index contributed by atoms with van der Waals surface area (Å²) < 4.78 is 68.3. The number of hydrogen-bond acceptors (Lipinski definition) is 7. The molecule has 3 heterocycles. The summed E-state index contributed by atoms with van der Waals surface area (Å²) in [6, 6.07) is 3.43. The quantitative estimate of drug-likeness (QED) is 0.509. The molecular weight excluding hydrogens is 487 g/mol. The highest BCUT2D eigenvalue weighted by atomic mass is 19.4. The van der Waals surface area contributed by atoms with Crippen molar-refractivity contribution in [3.05, 3.63) is 77.4 Å². The zero-order valence-corrected chi connectivity index (χ0v) is 18.9. The van der Waals surface area contributed by atoms with Crippen LogP contribution in [0.3, 0.4) is 0 Å². The number of nitrogens with two attached hydrogens (primary N) is 1. The van der Waals surface area contributed by atoms with E-state index >= 15 is 0 Å². The summed E-state index contributed by atoms with van der Waals surface area (Å²) in [5.41, 5.74) is 5.61. The van der Waals surface area contributed by atoms with Crippen molar-refractivity contribution in [3.63, 3.8) is 0 Å². The standard InChI is InChI=1S/C22H19F5N8O/c1-12-3-4-17(31-10-12)20(13(2)16-11-29-5-6-30-16)8-14(18(28)36)7-15(9-20)35-19(32-33-34-35)21(23,24)22(25,26)27/h3-7,9-11,13H,8H2,1-2H3,(H2,28,36). The van der Waals surface area contributed by atoms with Crippen LogP contribution in [0.2, 0.25) is 0 Å². The number of aryl methyl sites for hydroxylation is 1. The van der Waals surface area contributed by atoms with E-state index in [9.17, 15) is 26.7 Å². The van der Waals surface area contributed by atoms with E-state index in [1.54, 1.807) is 32.2 Å². The van der Waals surface area contributed by atoms with Crippen LogP contribution in [0.15, 0.2) is 54.6 Å². The number of amides is 1. The third kappa shape index (κ3) is 4.22. The van der Waals surface area contributed by atoms with E-state index in [2.05, 4.69) is 30.5 Å². The first-order chi connectivity index (χ1) is 16.9. The van der Waals surface area contributed by atoms with E-state index in [0.29, 0.717) is 11.4 Å². The maximum absolute atomic E-state index is 14.3. The molecule has 2 atom stereocenters. The lowest BCUT2D eigenvalue weighted by Gasteiger charge is -2.39. The number of allylic oxidation sites excluding steroid dienone is 3. The highest BCUT2D eigenvalue weighted by Gasteiger charge is 2.62. The van der Waals surface area contributed by atoms with Gasteiger partial charge in [0.15, 0.2) is 0 Å². The molecule has 0 saturated carbocycles. The SMILES string of the molecule is Cc1ccc(C2(C(C)c3cnccn3)C=C(n3nnnc3C(F)(F)C(F)(F)F)C=C(C(N)=O)C2)nc1. The molecule has 9 nitrogen and oxygen atoms in total. The molecule has 1 amide bonds. The van der Waals surface area contributed by atoms with Gasteiger partial charge in [0, 0.05) is 41.7 Å². The van der Waals surface area contributed by atoms with E-state index in [1.807, 2.05) is 0 Å². The topological polar surface area (TPSA) is 125 Å². The second-order valence-electron chi connectivity index (χ2n) is 8.38. The molecule has 188 valence electrons. The predicted octanol–water partition coefficient (Wildman–Crippen LogP) is 3.22. The number of nitrogens with zero attached hydrogens (tertiary/aromatic N) is 7. The molecule has 0 bridgehead atoms. The fourth-order valence-corrected chi connectivity index (χ4v) is 4.07. The monoisotopic (exact) mass is 506 g/mol. The van der Waals surface area contributed by atoms with Gasteiger partial charge in [0.2, 0.25) is 11.7 Å². The van der Waals surface area contributed by atoms with E-state index in [-0.39, 0.29) is 22.4 Å². The number of halogens is 5. The summed E-state index contributed by atoms with van der Waals surface area (Å²) in [6.07, 6.45) is 2.43. The summed E-state index contributed by atoms with van der Waals surface area (Å²) in [5.74, 6) is -8.64. The van der Waals surface area contributed by atoms with Gasteiger partial charge in [-0.25, -0.2) is 0 Å². The maximum Gasteiger partial charge on any atom is 0.461 e. The fourth-order valence-electron chi connectivity index (χ4n) is 4.07. The first-order valence-electron chi connectivity index (χ1n) is 10.5. The second-order valence-corrected chi connectivity index (χ2v) is 8.38. The molecule has 1 aliphatic carbocycles. The minimum Gasteiger partial charge on any atom is -0.366 e. The van der Waals surface area contributed by atoms with Crippen LogP contribution in [-0.4, -0.2) is 47.2 Å². The minimum atomic E-state index is -5.96. The Morgan fingerprint density at radius 1 is 1.14 bits per heavy atom. The predicted molar refractivity (Wildman–Crippen MR) is 115 cm³/mol. The molecule has 14 heteroatoms. The van der Waals surface area contributed by atoms with Gasteiger partial charge in [-0.3, -0.25) is 19.7 Å². The lowest BCUT2D eigenvalue weighted by Crippen LogP contribution is -2.39. The molecule has 1 aliphatic rings. The molecule has 0 saturated heterocycles. The molecule has 3 aromatic rings. The lowest BCUT2D eigenvalue weighted by molar-refractivity contribution is -0.293. The van der Waals surface area contributed by atoms with Crippen LogP contribution in [0.1, 0.15) is 42.0 Å². The normalized spacial score (nSPS) is 19.4. The highest BCUT2D eigenvalue weighted by Crippen LogP contribution is 2.48. The first-order valence-corrected chi connectivity index (χ1v) is 10.5. The molecular formula is C22H19F5N8O. The Bertz CT molecular complexity index is 1330. The van der Waals surface area contributed by atoms with E-state index < -0.39 is 35.2 Å². The number of primary amides is 1. The summed E-state index contributed by atoms with van der Waals surface area (Å²) in [5, 5.41) is 9.36.